The summed E-state index contributed by atoms with van der Waals surface area (Å²) in [6.45, 7) is 3.12. The second-order valence-electron chi connectivity index (χ2n) is 5.98. The van der Waals surface area contributed by atoms with E-state index in [0.29, 0.717) is 25.3 Å². The fourth-order valence-corrected chi connectivity index (χ4v) is 5.57. The van der Waals surface area contributed by atoms with Crippen LogP contribution in [0.4, 0.5) is 0 Å². The normalized spacial score (nSPS) is 22.8. The molecule has 0 saturated carbocycles. The molecule has 23 heavy (non-hydrogen) atoms. The van der Waals surface area contributed by atoms with Crippen molar-refractivity contribution in [2.45, 2.75) is 31.2 Å². The number of amides is 2. The van der Waals surface area contributed by atoms with Crippen molar-refractivity contribution in [3.63, 3.8) is 0 Å². The molecule has 1 spiro atoms. The highest BCUT2D eigenvalue weighted by Crippen LogP contribution is 2.38. The van der Waals surface area contributed by atoms with E-state index in [1.165, 1.54) is 11.9 Å². The van der Waals surface area contributed by atoms with E-state index in [-0.39, 0.29) is 24.7 Å². The lowest BCUT2D eigenvalue weighted by Crippen LogP contribution is -2.55. The number of likely N-dealkylation sites (tertiary alicyclic amines) is 1. The highest BCUT2D eigenvalue weighted by molar-refractivity contribution is 7.93. The van der Waals surface area contributed by atoms with Crippen LogP contribution < -0.4 is 0 Å². The van der Waals surface area contributed by atoms with Crippen LogP contribution in [0.5, 0.6) is 0 Å². The van der Waals surface area contributed by atoms with Crippen LogP contribution in [-0.2, 0) is 21.2 Å². The van der Waals surface area contributed by atoms with Crippen molar-refractivity contribution < 1.29 is 18.0 Å². The monoisotopic (exact) mass is 340 g/mol. The quantitative estimate of drug-likeness (QED) is 0.738. The van der Waals surface area contributed by atoms with Gasteiger partial charge in [-0.15, -0.1) is 0 Å². The second-order valence-corrected chi connectivity index (χ2v) is 8.26. The van der Waals surface area contributed by atoms with Crippen molar-refractivity contribution >= 4 is 21.7 Å². The summed E-state index contributed by atoms with van der Waals surface area (Å²) in [6.07, 6.45) is 2.09. The first kappa shape index (κ1) is 16.0. The van der Waals surface area contributed by atoms with Gasteiger partial charge < -0.3 is 9.80 Å². The molecule has 2 aliphatic rings. The van der Waals surface area contributed by atoms with Crippen LogP contribution in [0.2, 0.25) is 0 Å². The zero-order valence-corrected chi connectivity index (χ0v) is 14.0. The third-order valence-corrected chi connectivity index (χ3v) is 7.41. The first-order valence-electron chi connectivity index (χ1n) is 7.62. The van der Waals surface area contributed by atoms with Crippen LogP contribution in [-0.4, -0.2) is 70.6 Å². The lowest BCUT2D eigenvalue weighted by atomic mass is 10.0. The number of nitrogens with zero attached hydrogens (tertiary/aromatic N) is 4. The molecule has 0 aromatic carbocycles. The molecule has 0 aliphatic carbocycles. The van der Waals surface area contributed by atoms with E-state index in [1.807, 2.05) is 6.92 Å². The molecule has 2 fully saturated rings. The molecule has 0 unspecified atom stereocenters. The Morgan fingerprint density at radius 1 is 1.35 bits per heavy atom. The summed E-state index contributed by atoms with van der Waals surface area (Å²) in [5, 5.41) is 4.09. The Morgan fingerprint density at radius 3 is 2.52 bits per heavy atom. The molecule has 1 aromatic heterocycles. The van der Waals surface area contributed by atoms with Gasteiger partial charge >= 0.3 is 0 Å². The van der Waals surface area contributed by atoms with Gasteiger partial charge in [-0.3, -0.25) is 14.3 Å². The number of carbonyl (C=O) groups is 2. The summed E-state index contributed by atoms with van der Waals surface area (Å²) < 4.78 is 26.4. The standard InChI is InChI=1S/C14H20N4O4S/c1-3-18-11(4-7-15-18)13(20)17-8-5-14(6-9-17)16(2)12(19)10-23(14,21)22/h4,7H,3,5-6,8-10H2,1-2H3. The third kappa shape index (κ3) is 2.25. The Kier molecular flexibility index (Phi) is 3.70. The minimum Gasteiger partial charge on any atom is -0.337 e. The van der Waals surface area contributed by atoms with Crippen molar-refractivity contribution in [1.82, 2.24) is 19.6 Å². The van der Waals surface area contributed by atoms with E-state index in [2.05, 4.69) is 5.10 Å². The Hall–Kier alpha value is -1.90. The molecule has 2 saturated heterocycles. The molecular formula is C14H20N4O4S. The van der Waals surface area contributed by atoms with Crippen molar-refractivity contribution in [3.8, 4) is 0 Å². The average molecular weight is 340 g/mol. The highest BCUT2D eigenvalue weighted by atomic mass is 32.2. The molecule has 2 amide bonds. The Balaban J connectivity index is 1.79. The fraction of sp³-hybridized carbons (Fsp3) is 0.643. The second kappa shape index (κ2) is 5.33. The first-order valence-corrected chi connectivity index (χ1v) is 9.27. The summed E-state index contributed by atoms with van der Waals surface area (Å²) in [4.78, 5) is 26.2. The van der Waals surface area contributed by atoms with Crippen molar-refractivity contribution in [3.05, 3.63) is 18.0 Å². The smallest absolute Gasteiger partial charge is 0.272 e. The summed E-state index contributed by atoms with van der Waals surface area (Å²) in [7, 11) is -1.96. The van der Waals surface area contributed by atoms with E-state index in [1.54, 1.807) is 21.8 Å². The van der Waals surface area contributed by atoms with Crippen LogP contribution >= 0.6 is 0 Å². The van der Waals surface area contributed by atoms with E-state index in [0.717, 1.165) is 0 Å². The molecular weight excluding hydrogens is 320 g/mol. The molecule has 3 heterocycles. The maximum absolute atomic E-state index is 12.6. The highest BCUT2D eigenvalue weighted by Gasteiger charge is 2.57. The molecule has 0 radical (unpaired) electrons. The lowest BCUT2D eigenvalue weighted by Gasteiger charge is -2.41. The number of aromatic nitrogens is 2. The maximum Gasteiger partial charge on any atom is 0.272 e. The molecule has 0 N–H and O–H groups in total. The van der Waals surface area contributed by atoms with Crippen LogP contribution in [0.25, 0.3) is 0 Å². The zero-order chi connectivity index (χ0) is 16.8. The van der Waals surface area contributed by atoms with Gasteiger partial charge in [-0.2, -0.15) is 5.10 Å². The Bertz CT molecular complexity index is 747. The fourth-order valence-electron chi connectivity index (χ4n) is 3.46. The lowest BCUT2D eigenvalue weighted by molar-refractivity contribution is -0.129. The number of sulfone groups is 1. The van der Waals surface area contributed by atoms with Gasteiger partial charge in [0, 0.05) is 45.7 Å². The van der Waals surface area contributed by atoms with Gasteiger partial charge in [0.05, 0.1) is 0 Å². The number of hydrogen-bond donors (Lipinski definition) is 0. The van der Waals surface area contributed by atoms with Crippen molar-refractivity contribution in [2.24, 2.45) is 0 Å². The molecule has 2 aliphatic heterocycles. The molecule has 0 bridgehead atoms. The predicted octanol–water partition coefficient (Wildman–Crippen LogP) is -0.278. The van der Waals surface area contributed by atoms with Gasteiger partial charge in [-0.1, -0.05) is 0 Å². The SMILES string of the molecule is CCn1nccc1C(=O)N1CCC2(CC1)N(C)C(=O)CS2(=O)=O. The van der Waals surface area contributed by atoms with Gasteiger partial charge in [0.15, 0.2) is 9.84 Å². The van der Waals surface area contributed by atoms with E-state index in [4.69, 9.17) is 0 Å². The van der Waals surface area contributed by atoms with Crippen LogP contribution in [0.3, 0.4) is 0 Å². The van der Waals surface area contributed by atoms with Gasteiger partial charge in [0.25, 0.3) is 5.91 Å². The molecule has 1 aromatic rings. The van der Waals surface area contributed by atoms with Crippen molar-refractivity contribution in [1.29, 1.82) is 0 Å². The van der Waals surface area contributed by atoms with Gasteiger partial charge in [-0.05, 0) is 13.0 Å². The summed E-state index contributed by atoms with van der Waals surface area (Å²) in [5.41, 5.74) is 0.502. The van der Waals surface area contributed by atoms with E-state index in [9.17, 15) is 18.0 Å². The minimum atomic E-state index is -3.50. The largest absolute Gasteiger partial charge is 0.337 e. The molecule has 0 atom stereocenters. The number of piperidine rings is 1. The number of carbonyl (C=O) groups excluding carboxylic acids is 2. The van der Waals surface area contributed by atoms with Gasteiger partial charge in [0.2, 0.25) is 5.91 Å². The zero-order valence-electron chi connectivity index (χ0n) is 13.2. The predicted molar refractivity (Wildman–Crippen MR) is 82.3 cm³/mol. The third-order valence-electron chi connectivity index (χ3n) is 4.94. The topological polar surface area (TPSA) is 92.6 Å². The number of aryl methyl sites for hydroxylation is 1. The first-order chi connectivity index (χ1) is 10.8. The summed E-state index contributed by atoms with van der Waals surface area (Å²) >= 11 is 0. The summed E-state index contributed by atoms with van der Waals surface area (Å²) in [6, 6.07) is 1.66. The maximum atomic E-state index is 12.6. The Labute approximate surface area is 135 Å². The molecule has 8 nitrogen and oxygen atoms in total. The number of rotatable bonds is 2. The van der Waals surface area contributed by atoms with E-state index < -0.39 is 20.5 Å². The van der Waals surface area contributed by atoms with Crippen LogP contribution in [0, 0.1) is 0 Å². The summed E-state index contributed by atoms with van der Waals surface area (Å²) in [5.74, 6) is -0.947. The van der Waals surface area contributed by atoms with E-state index >= 15 is 0 Å². The van der Waals surface area contributed by atoms with Gasteiger partial charge in [-0.25, -0.2) is 8.42 Å². The van der Waals surface area contributed by atoms with Crippen LogP contribution in [0.15, 0.2) is 12.3 Å². The van der Waals surface area contributed by atoms with Crippen LogP contribution in [0.1, 0.15) is 30.3 Å². The Morgan fingerprint density at radius 2 is 2.00 bits per heavy atom. The molecule has 3 rings (SSSR count). The molecule has 126 valence electrons. The average Bonchev–Trinajstić information content (AvgIpc) is 3.06. The minimum absolute atomic E-state index is 0.149. The number of hydrogen-bond acceptors (Lipinski definition) is 5. The molecule has 9 heteroatoms. The van der Waals surface area contributed by atoms with Gasteiger partial charge in [0.1, 0.15) is 16.3 Å². The van der Waals surface area contributed by atoms with Crippen molar-refractivity contribution in [2.75, 3.05) is 25.9 Å².